The highest BCUT2D eigenvalue weighted by molar-refractivity contribution is 9.10. The lowest BCUT2D eigenvalue weighted by molar-refractivity contribution is -0.189. The molecule has 2 atom stereocenters. The quantitative estimate of drug-likeness (QED) is 0.646. The summed E-state index contributed by atoms with van der Waals surface area (Å²) >= 11 is 3.46. The van der Waals surface area contributed by atoms with Crippen molar-refractivity contribution in [1.82, 2.24) is 0 Å². The molecule has 1 heterocycles. The number of anilines is 1. The molecular formula is C21H22BrNO6. The Kier molecular flexibility index (Phi) is 6.76. The summed E-state index contributed by atoms with van der Waals surface area (Å²) in [5.41, 5.74) is 1.88. The van der Waals surface area contributed by atoms with Gasteiger partial charge in [0.2, 0.25) is 0 Å². The van der Waals surface area contributed by atoms with Gasteiger partial charge in [-0.1, -0.05) is 35.0 Å². The summed E-state index contributed by atoms with van der Waals surface area (Å²) in [5.74, 6) is -0.0642. The smallest absolute Gasteiger partial charge is 0.308 e. The van der Waals surface area contributed by atoms with Crippen molar-refractivity contribution in [3.05, 3.63) is 52.0 Å². The summed E-state index contributed by atoms with van der Waals surface area (Å²) in [6.07, 6.45) is -1.35. The minimum atomic E-state index is -1.40. The zero-order valence-electron chi connectivity index (χ0n) is 16.4. The maximum absolute atomic E-state index is 12.7. The molecule has 1 aliphatic rings. The van der Waals surface area contributed by atoms with Gasteiger partial charge in [-0.3, -0.25) is 9.59 Å². The van der Waals surface area contributed by atoms with Crippen LogP contribution in [0.25, 0.3) is 0 Å². The van der Waals surface area contributed by atoms with Crippen LogP contribution in [0.2, 0.25) is 0 Å². The van der Waals surface area contributed by atoms with Crippen LogP contribution in [-0.4, -0.2) is 32.4 Å². The highest BCUT2D eigenvalue weighted by Crippen LogP contribution is 2.43. The number of esters is 1. The fourth-order valence-corrected chi connectivity index (χ4v) is 3.52. The van der Waals surface area contributed by atoms with Crippen molar-refractivity contribution in [2.45, 2.75) is 32.2 Å². The molecule has 3 rings (SSSR count). The normalized spacial score (nSPS) is 18.3. The van der Waals surface area contributed by atoms with Gasteiger partial charge >= 0.3 is 5.97 Å². The van der Waals surface area contributed by atoms with E-state index < -0.39 is 24.3 Å². The molecule has 0 saturated carbocycles. The molecule has 0 saturated heterocycles. The molecule has 0 aromatic heterocycles. The Morgan fingerprint density at radius 2 is 1.97 bits per heavy atom. The van der Waals surface area contributed by atoms with E-state index in [0.717, 1.165) is 4.47 Å². The molecule has 0 unspecified atom stereocenters. The summed E-state index contributed by atoms with van der Waals surface area (Å²) in [4.78, 5) is 24.7. The average Bonchev–Trinajstić information content (AvgIpc) is 2.84. The van der Waals surface area contributed by atoms with Gasteiger partial charge < -0.3 is 24.3 Å². The van der Waals surface area contributed by atoms with Crippen LogP contribution in [0, 0.1) is 0 Å². The number of rotatable bonds is 6. The van der Waals surface area contributed by atoms with Crippen molar-refractivity contribution in [3.8, 4) is 11.5 Å². The average molecular weight is 464 g/mol. The third kappa shape index (κ3) is 4.54. The van der Waals surface area contributed by atoms with Crippen molar-refractivity contribution < 1.29 is 28.5 Å². The number of para-hydroxylation sites is 1. The van der Waals surface area contributed by atoms with Crippen molar-refractivity contribution >= 4 is 33.5 Å². The highest BCUT2D eigenvalue weighted by atomic mass is 79.9. The molecule has 2 aromatic carbocycles. The van der Waals surface area contributed by atoms with Crippen LogP contribution in [0.15, 0.2) is 40.9 Å². The van der Waals surface area contributed by atoms with E-state index in [9.17, 15) is 9.59 Å². The molecule has 7 nitrogen and oxygen atoms in total. The molecule has 0 fully saturated rings. The summed E-state index contributed by atoms with van der Waals surface area (Å²) in [6, 6.07) is 10.8. The summed E-state index contributed by atoms with van der Waals surface area (Å²) in [6.45, 7) is 1.85. The van der Waals surface area contributed by atoms with Crippen molar-refractivity contribution in [1.29, 1.82) is 0 Å². The zero-order valence-corrected chi connectivity index (χ0v) is 17.9. The third-order valence-electron chi connectivity index (χ3n) is 4.44. The van der Waals surface area contributed by atoms with Crippen LogP contribution in [0.5, 0.6) is 11.5 Å². The first-order valence-electron chi connectivity index (χ1n) is 9.14. The Balaban J connectivity index is 2.10. The number of amides is 1. The molecule has 8 heteroatoms. The molecule has 2 aromatic rings. The van der Waals surface area contributed by atoms with Crippen LogP contribution in [0.3, 0.4) is 0 Å². The number of methoxy groups -OCH3 is 2. The Labute approximate surface area is 177 Å². The Morgan fingerprint density at radius 1 is 1.17 bits per heavy atom. The zero-order chi connectivity index (χ0) is 21.0. The van der Waals surface area contributed by atoms with Gasteiger partial charge in [-0.05, 0) is 30.7 Å². The first-order chi connectivity index (χ1) is 14.0. The van der Waals surface area contributed by atoms with Gasteiger partial charge in [0.05, 0.1) is 14.2 Å². The third-order valence-corrected chi connectivity index (χ3v) is 4.93. The van der Waals surface area contributed by atoms with Gasteiger partial charge in [0, 0.05) is 27.7 Å². The van der Waals surface area contributed by atoms with Crippen LogP contribution in [-0.2, 0) is 19.1 Å². The fourth-order valence-electron chi connectivity index (χ4n) is 3.14. The van der Waals surface area contributed by atoms with E-state index in [1.165, 1.54) is 7.11 Å². The number of hydrogen-bond acceptors (Lipinski definition) is 6. The highest BCUT2D eigenvalue weighted by Gasteiger charge is 2.36. The predicted octanol–water partition coefficient (Wildman–Crippen LogP) is 4.19. The predicted molar refractivity (Wildman–Crippen MR) is 110 cm³/mol. The number of hydrogen-bond donors (Lipinski definition) is 1. The van der Waals surface area contributed by atoms with E-state index in [1.54, 1.807) is 25.3 Å². The lowest BCUT2D eigenvalue weighted by atomic mass is 9.98. The van der Waals surface area contributed by atoms with Gasteiger partial charge in [0.25, 0.3) is 12.2 Å². The summed E-state index contributed by atoms with van der Waals surface area (Å²) in [5, 5.41) is 2.78. The van der Waals surface area contributed by atoms with Crippen LogP contribution in [0.1, 0.15) is 37.0 Å². The van der Waals surface area contributed by atoms with Gasteiger partial charge in [0.15, 0.2) is 11.5 Å². The van der Waals surface area contributed by atoms with Gasteiger partial charge in [-0.15, -0.1) is 0 Å². The molecule has 1 amide bonds. The molecule has 154 valence electrons. The maximum Gasteiger partial charge on any atom is 0.308 e. The van der Waals surface area contributed by atoms with E-state index in [-0.39, 0.29) is 6.42 Å². The van der Waals surface area contributed by atoms with E-state index in [0.29, 0.717) is 34.7 Å². The molecule has 29 heavy (non-hydrogen) atoms. The summed E-state index contributed by atoms with van der Waals surface area (Å²) < 4.78 is 23.1. The Hall–Kier alpha value is -2.58. The maximum atomic E-state index is 12.7. The number of halogens is 1. The first-order valence-corrected chi connectivity index (χ1v) is 9.93. The van der Waals surface area contributed by atoms with E-state index >= 15 is 0 Å². The molecule has 0 radical (unpaired) electrons. The second-order valence-corrected chi connectivity index (χ2v) is 7.31. The molecule has 0 spiro atoms. The largest absolute Gasteiger partial charge is 0.493 e. The van der Waals surface area contributed by atoms with Crippen molar-refractivity contribution in [2.75, 3.05) is 19.5 Å². The number of carbonyl (C=O) groups excluding carboxylic acids is 2. The first kappa shape index (κ1) is 21.1. The molecule has 0 bridgehead atoms. The minimum absolute atomic E-state index is 0.193. The van der Waals surface area contributed by atoms with Crippen LogP contribution < -0.4 is 14.8 Å². The number of ether oxygens (including phenoxy) is 4. The second kappa shape index (κ2) is 9.28. The van der Waals surface area contributed by atoms with Crippen molar-refractivity contribution in [2.24, 2.45) is 0 Å². The van der Waals surface area contributed by atoms with E-state index in [2.05, 4.69) is 21.2 Å². The lowest BCUT2D eigenvalue weighted by Crippen LogP contribution is -2.34. The molecule has 1 aliphatic heterocycles. The van der Waals surface area contributed by atoms with Gasteiger partial charge in [-0.2, -0.15) is 0 Å². The number of nitrogens with one attached hydrogen (secondary N) is 1. The number of fused-ring (bicyclic) bond motifs is 1. The Bertz CT molecular complexity index is 916. The Morgan fingerprint density at radius 3 is 2.66 bits per heavy atom. The van der Waals surface area contributed by atoms with Crippen LogP contribution >= 0.6 is 15.9 Å². The topological polar surface area (TPSA) is 83.1 Å². The summed E-state index contributed by atoms with van der Waals surface area (Å²) in [7, 11) is 3.07. The van der Waals surface area contributed by atoms with Crippen LogP contribution in [0.4, 0.5) is 5.69 Å². The SMILES string of the molecule is CCCC(=O)O[C@@H]1O[C@@H](c2cccc(OC)c2OC)c2cc(Br)ccc2NC1=O. The molecule has 1 N–H and O–H groups in total. The lowest BCUT2D eigenvalue weighted by Gasteiger charge is -2.24. The van der Waals surface area contributed by atoms with Gasteiger partial charge in [-0.25, -0.2) is 0 Å². The van der Waals surface area contributed by atoms with Crippen molar-refractivity contribution in [3.63, 3.8) is 0 Å². The minimum Gasteiger partial charge on any atom is -0.493 e. The van der Waals surface area contributed by atoms with Gasteiger partial charge in [0.1, 0.15) is 6.10 Å². The molecule has 0 aliphatic carbocycles. The van der Waals surface area contributed by atoms with E-state index in [4.69, 9.17) is 18.9 Å². The fraction of sp³-hybridized carbons (Fsp3) is 0.333. The molecular weight excluding hydrogens is 442 g/mol. The number of benzene rings is 2. The monoisotopic (exact) mass is 463 g/mol. The second-order valence-electron chi connectivity index (χ2n) is 6.39. The standard InChI is InChI=1S/C21H22BrNO6/c1-4-6-17(24)28-21-20(25)23-15-10-9-12(22)11-14(15)18(29-21)13-7-5-8-16(26-2)19(13)27-3/h5,7-11,18,21H,4,6H2,1-3H3,(H,23,25)/t18-,21+/m0/s1. The van der Waals surface area contributed by atoms with E-state index in [1.807, 2.05) is 25.1 Å². The number of carbonyl (C=O) groups is 2.